The molecule has 0 aliphatic rings. The van der Waals surface area contributed by atoms with Crippen molar-refractivity contribution in [1.29, 1.82) is 0 Å². The van der Waals surface area contributed by atoms with Crippen LogP contribution in [-0.2, 0) is 11.3 Å². The average Bonchev–Trinajstić information content (AvgIpc) is 2.72. The Labute approximate surface area is 172 Å². The van der Waals surface area contributed by atoms with E-state index < -0.39 is 11.9 Å². The number of carboxylic acid groups (broad SMARTS) is 1. The molecule has 9 heteroatoms. The van der Waals surface area contributed by atoms with Crippen LogP contribution < -0.4 is 16.8 Å². The van der Waals surface area contributed by atoms with Crippen LogP contribution in [0.3, 0.4) is 0 Å². The number of benzene rings is 2. The van der Waals surface area contributed by atoms with Crippen molar-refractivity contribution in [3.8, 4) is 0 Å². The topological polar surface area (TPSA) is 140 Å². The number of aromatic nitrogens is 2. The third-order valence-electron chi connectivity index (χ3n) is 4.34. The Morgan fingerprint density at radius 1 is 1.10 bits per heavy atom. The molecule has 1 unspecified atom stereocenters. The summed E-state index contributed by atoms with van der Waals surface area (Å²) in [5, 5.41) is 12.4. The highest BCUT2D eigenvalue weighted by atomic mass is 19.1. The Hall–Kier alpha value is -4.01. The molecule has 0 saturated carbocycles. The van der Waals surface area contributed by atoms with E-state index in [4.69, 9.17) is 11.5 Å². The molecular formula is C21H21FN6O2. The Balaban J connectivity index is 1.80. The standard InChI is InChI=1S/C21H21FN6O2/c22-15-5-3-14(4-6-15)17(11-19(29)30)18-9-10-25-21(28-18)27-16-7-1-13(2-8-16)12-26-20(23)24/h1-10,17H,11-12H2,(H,29,30)(H4,23,24,26)(H,25,27,28). The maximum absolute atomic E-state index is 13.3. The highest BCUT2D eigenvalue weighted by Gasteiger charge is 2.20. The molecule has 1 atom stereocenters. The number of rotatable bonds is 8. The van der Waals surface area contributed by atoms with Crippen molar-refractivity contribution in [2.45, 2.75) is 18.9 Å². The number of nitrogens with two attached hydrogens (primary N) is 2. The van der Waals surface area contributed by atoms with Crippen LogP contribution in [0.25, 0.3) is 0 Å². The van der Waals surface area contributed by atoms with Crippen molar-refractivity contribution in [2.75, 3.05) is 5.32 Å². The van der Waals surface area contributed by atoms with Gasteiger partial charge in [0.15, 0.2) is 5.96 Å². The number of aliphatic carboxylic acids is 1. The molecule has 3 aromatic rings. The third kappa shape index (κ3) is 5.74. The van der Waals surface area contributed by atoms with Gasteiger partial charge in [0.1, 0.15) is 5.82 Å². The van der Waals surface area contributed by atoms with Gasteiger partial charge in [0.05, 0.1) is 18.7 Å². The summed E-state index contributed by atoms with van der Waals surface area (Å²) in [7, 11) is 0. The number of carbonyl (C=O) groups is 1. The van der Waals surface area contributed by atoms with E-state index in [1.165, 1.54) is 12.1 Å². The second-order valence-corrected chi connectivity index (χ2v) is 6.57. The number of halogens is 1. The molecule has 0 spiro atoms. The summed E-state index contributed by atoms with van der Waals surface area (Å²) in [5.41, 5.74) is 13.5. The molecule has 0 saturated heterocycles. The largest absolute Gasteiger partial charge is 0.481 e. The summed E-state index contributed by atoms with van der Waals surface area (Å²) >= 11 is 0. The van der Waals surface area contributed by atoms with E-state index in [0.717, 1.165) is 11.3 Å². The molecule has 0 bridgehead atoms. The van der Waals surface area contributed by atoms with Gasteiger partial charge in [-0.3, -0.25) is 4.79 Å². The maximum atomic E-state index is 13.3. The predicted molar refractivity (Wildman–Crippen MR) is 112 cm³/mol. The summed E-state index contributed by atoms with van der Waals surface area (Å²) in [5.74, 6) is -1.55. The first-order valence-electron chi connectivity index (χ1n) is 9.12. The molecule has 0 aliphatic carbocycles. The Morgan fingerprint density at radius 2 is 1.80 bits per heavy atom. The van der Waals surface area contributed by atoms with Crippen LogP contribution in [0.5, 0.6) is 0 Å². The summed E-state index contributed by atoms with van der Waals surface area (Å²) < 4.78 is 13.3. The zero-order valence-corrected chi connectivity index (χ0v) is 16.0. The zero-order valence-electron chi connectivity index (χ0n) is 16.0. The first-order chi connectivity index (χ1) is 14.4. The highest BCUT2D eigenvalue weighted by Crippen LogP contribution is 2.28. The lowest BCUT2D eigenvalue weighted by Crippen LogP contribution is -2.22. The lowest BCUT2D eigenvalue weighted by Gasteiger charge is -2.16. The van der Waals surface area contributed by atoms with Crippen LogP contribution in [0.15, 0.2) is 65.8 Å². The summed E-state index contributed by atoms with van der Waals surface area (Å²) in [6.07, 6.45) is 1.37. The number of nitrogens with one attached hydrogen (secondary N) is 1. The molecular weight excluding hydrogens is 387 g/mol. The van der Waals surface area contributed by atoms with Crippen LogP contribution in [0.1, 0.15) is 29.2 Å². The van der Waals surface area contributed by atoms with Crippen LogP contribution in [0.4, 0.5) is 16.0 Å². The first-order valence-corrected chi connectivity index (χ1v) is 9.12. The zero-order chi connectivity index (χ0) is 21.5. The van der Waals surface area contributed by atoms with Gasteiger partial charge < -0.3 is 21.9 Å². The van der Waals surface area contributed by atoms with Gasteiger partial charge in [-0.15, -0.1) is 0 Å². The number of hydrogen-bond acceptors (Lipinski definition) is 5. The minimum absolute atomic E-state index is 0.0273. The van der Waals surface area contributed by atoms with E-state index in [0.29, 0.717) is 23.8 Å². The Kier molecular flexibility index (Phi) is 6.53. The molecule has 6 N–H and O–H groups in total. The molecule has 8 nitrogen and oxygen atoms in total. The second kappa shape index (κ2) is 9.46. The monoisotopic (exact) mass is 408 g/mol. The van der Waals surface area contributed by atoms with E-state index in [9.17, 15) is 14.3 Å². The second-order valence-electron chi connectivity index (χ2n) is 6.57. The summed E-state index contributed by atoms with van der Waals surface area (Å²) in [6.45, 7) is 0.378. The van der Waals surface area contributed by atoms with Gasteiger partial charge in [-0.25, -0.2) is 19.4 Å². The minimum Gasteiger partial charge on any atom is -0.481 e. The van der Waals surface area contributed by atoms with Crippen LogP contribution in [0, 0.1) is 5.82 Å². The minimum atomic E-state index is -0.978. The van der Waals surface area contributed by atoms with E-state index >= 15 is 0 Å². The molecule has 1 heterocycles. The van der Waals surface area contributed by atoms with E-state index in [1.807, 2.05) is 24.3 Å². The van der Waals surface area contributed by atoms with Gasteiger partial charge in [0, 0.05) is 17.8 Å². The molecule has 0 aliphatic heterocycles. The molecule has 3 rings (SSSR count). The maximum Gasteiger partial charge on any atom is 0.304 e. The number of aliphatic imine (C=N–C) groups is 1. The van der Waals surface area contributed by atoms with Crippen molar-refractivity contribution in [2.24, 2.45) is 16.5 Å². The van der Waals surface area contributed by atoms with Crippen molar-refractivity contribution in [3.05, 3.63) is 83.4 Å². The number of carboxylic acids is 1. The van der Waals surface area contributed by atoms with Gasteiger partial charge in [-0.1, -0.05) is 24.3 Å². The Morgan fingerprint density at radius 3 is 2.43 bits per heavy atom. The number of hydrogen-bond donors (Lipinski definition) is 4. The summed E-state index contributed by atoms with van der Waals surface area (Å²) in [6, 6.07) is 14.8. The van der Waals surface area contributed by atoms with Crippen molar-refractivity contribution in [3.63, 3.8) is 0 Å². The number of anilines is 2. The lowest BCUT2D eigenvalue weighted by molar-refractivity contribution is -0.137. The van der Waals surface area contributed by atoms with Gasteiger partial charge in [0.2, 0.25) is 5.95 Å². The normalized spacial score (nSPS) is 11.5. The van der Waals surface area contributed by atoms with Gasteiger partial charge >= 0.3 is 5.97 Å². The Bertz CT molecular complexity index is 1030. The van der Waals surface area contributed by atoms with Gasteiger partial charge in [-0.2, -0.15) is 0 Å². The molecule has 0 radical (unpaired) electrons. The summed E-state index contributed by atoms with van der Waals surface area (Å²) in [4.78, 5) is 24.0. The molecule has 2 aromatic carbocycles. The number of nitrogens with zero attached hydrogens (tertiary/aromatic N) is 3. The quantitative estimate of drug-likeness (QED) is 0.332. The average molecular weight is 408 g/mol. The SMILES string of the molecule is NC(N)=NCc1ccc(Nc2nccc(C(CC(=O)O)c3ccc(F)cc3)n2)cc1. The van der Waals surface area contributed by atoms with Crippen molar-refractivity contribution in [1.82, 2.24) is 9.97 Å². The first kappa shape index (κ1) is 20.7. The lowest BCUT2D eigenvalue weighted by atomic mass is 9.92. The molecule has 0 fully saturated rings. The fourth-order valence-corrected chi connectivity index (χ4v) is 2.90. The van der Waals surface area contributed by atoms with Crippen molar-refractivity contribution >= 4 is 23.6 Å². The predicted octanol–water partition coefficient (Wildman–Crippen LogP) is 2.74. The van der Waals surface area contributed by atoms with Crippen molar-refractivity contribution < 1.29 is 14.3 Å². The fraction of sp³-hybridized carbons (Fsp3) is 0.143. The van der Waals surface area contributed by atoms with Crippen LogP contribution in [-0.4, -0.2) is 27.0 Å². The van der Waals surface area contributed by atoms with Crippen LogP contribution in [0.2, 0.25) is 0 Å². The molecule has 0 amide bonds. The van der Waals surface area contributed by atoms with Gasteiger partial charge in [-0.05, 0) is 41.5 Å². The molecule has 154 valence electrons. The molecule has 30 heavy (non-hydrogen) atoms. The highest BCUT2D eigenvalue weighted by molar-refractivity contribution is 5.75. The fourth-order valence-electron chi connectivity index (χ4n) is 2.90. The van der Waals surface area contributed by atoms with Gasteiger partial charge in [0.25, 0.3) is 0 Å². The molecule has 1 aromatic heterocycles. The smallest absolute Gasteiger partial charge is 0.304 e. The third-order valence-corrected chi connectivity index (χ3v) is 4.34. The van der Waals surface area contributed by atoms with E-state index in [2.05, 4.69) is 20.3 Å². The number of guanidine groups is 1. The van der Waals surface area contributed by atoms with Crippen LogP contribution >= 0.6 is 0 Å². The van der Waals surface area contributed by atoms with E-state index in [-0.39, 0.29) is 18.2 Å². The van der Waals surface area contributed by atoms with E-state index in [1.54, 1.807) is 24.4 Å².